The fourth-order valence-corrected chi connectivity index (χ4v) is 5.67. The lowest BCUT2D eigenvalue weighted by Crippen LogP contribution is -2.43. The molecule has 4 aromatic rings. The van der Waals surface area contributed by atoms with E-state index < -0.39 is 16.1 Å². The fourth-order valence-electron chi connectivity index (χ4n) is 4.86. The largest absolute Gasteiger partial charge is 0.494 e. The molecule has 0 bridgehead atoms. The summed E-state index contributed by atoms with van der Waals surface area (Å²) in [5, 5.41) is 0.988. The van der Waals surface area contributed by atoms with Crippen LogP contribution in [0.5, 0.6) is 5.75 Å². The van der Waals surface area contributed by atoms with Gasteiger partial charge in [0.25, 0.3) is 5.56 Å². The highest BCUT2D eigenvalue weighted by atomic mass is 35.5. The van der Waals surface area contributed by atoms with Gasteiger partial charge in [-0.25, -0.2) is 23.1 Å². The topological polar surface area (TPSA) is 127 Å². The molecule has 4 rings (SSSR count). The SMILES string of the molecule is CCOc1ccc(-n2c(C(CCNS(C)(=O)=O)N(CCN(C)C)C(=O)Cc3ccc(Cl)c(Cl)c3)nc3ncccc3c2=O)cc1. The molecule has 0 aliphatic heterocycles. The number of pyridine rings is 1. The number of sulfonamides is 1. The van der Waals surface area contributed by atoms with Crippen LogP contribution in [0.3, 0.4) is 0 Å². The summed E-state index contributed by atoms with van der Waals surface area (Å²) < 4.78 is 33.7. The predicted octanol–water partition coefficient (Wildman–Crippen LogP) is 4.10. The third-order valence-corrected chi connectivity index (χ3v) is 8.45. The summed E-state index contributed by atoms with van der Waals surface area (Å²) >= 11 is 12.4. The molecule has 2 heterocycles. The van der Waals surface area contributed by atoms with Gasteiger partial charge in [-0.15, -0.1) is 0 Å². The number of aromatic nitrogens is 3. The average Bonchev–Trinajstić information content (AvgIpc) is 2.98. The molecular weight excluding hydrogens is 639 g/mol. The number of hydrogen-bond donors (Lipinski definition) is 1. The highest BCUT2D eigenvalue weighted by Gasteiger charge is 2.31. The van der Waals surface area contributed by atoms with Crippen LogP contribution in [0, 0.1) is 0 Å². The molecule has 45 heavy (non-hydrogen) atoms. The second-order valence-electron chi connectivity index (χ2n) is 10.7. The van der Waals surface area contributed by atoms with Gasteiger partial charge in [0.15, 0.2) is 5.65 Å². The van der Waals surface area contributed by atoms with Gasteiger partial charge >= 0.3 is 0 Å². The molecule has 0 spiro atoms. The van der Waals surface area contributed by atoms with Crippen molar-refractivity contribution in [2.24, 2.45) is 0 Å². The van der Waals surface area contributed by atoms with Crippen LogP contribution >= 0.6 is 23.2 Å². The van der Waals surface area contributed by atoms with Gasteiger partial charge in [-0.3, -0.25) is 14.2 Å². The van der Waals surface area contributed by atoms with E-state index in [-0.39, 0.29) is 48.9 Å². The van der Waals surface area contributed by atoms with Gasteiger partial charge in [0.1, 0.15) is 11.6 Å². The minimum absolute atomic E-state index is 0.0125. The Morgan fingerprint density at radius 2 is 1.80 bits per heavy atom. The zero-order valence-electron chi connectivity index (χ0n) is 25.5. The first kappa shape index (κ1) is 34.3. The van der Waals surface area contributed by atoms with Crippen molar-refractivity contribution in [3.63, 3.8) is 0 Å². The van der Waals surface area contributed by atoms with Crippen molar-refractivity contribution < 1.29 is 17.9 Å². The van der Waals surface area contributed by atoms with E-state index in [1.807, 2.05) is 25.9 Å². The maximum atomic E-state index is 14.2. The fraction of sp³-hybridized carbons (Fsp3) is 0.355. The molecule has 0 saturated carbocycles. The number of carbonyl (C=O) groups is 1. The Balaban J connectivity index is 1.91. The summed E-state index contributed by atoms with van der Waals surface area (Å²) in [7, 11) is 0.219. The normalized spacial score (nSPS) is 12.4. The summed E-state index contributed by atoms with van der Waals surface area (Å²) in [6.07, 6.45) is 2.71. The Morgan fingerprint density at radius 3 is 2.44 bits per heavy atom. The van der Waals surface area contributed by atoms with E-state index in [0.717, 1.165) is 6.26 Å². The van der Waals surface area contributed by atoms with Gasteiger partial charge in [-0.1, -0.05) is 29.3 Å². The molecule has 1 amide bonds. The van der Waals surface area contributed by atoms with E-state index in [1.165, 1.54) is 4.57 Å². The second kappa shape index (κ2) is 15.2. The van der Waals surface area contributed by atoms with E-state index >= 15 is 0 Å². The number of hydrogen-bond acceptors (Lipinski definition) is 8. The number of ether oxygens (including phenoxy) is 1. The lowest BCUT2D eigenvalue weighted by atomic mass is 10.1. The number of likely N-dealkylation sites (N-methyl/N-ethyl adjacent to an activating group) is 1. The number of benzene rings is 2. The van der Waals surface area contributed by atoms with Crippen molar-refractivity contribution in [1.29, 1.82) is 0 Å². The lowest BCUT2D eigenvalue weighted by Gasteiger charge is -2.34. The van der Waals surface area contributed by atoms with E-state index in [0.29, 0.717) is 45.6 Å². The molecule has 1 N–H and O–H groups in total. The smallest absolute Gasteiger partial charge is 0.267 e. The summed E-state index contributed by atoms with van der Waals surface area (Å²) in [5.41, 5.74) is 0.986. The molecule has 2 aromatic heterocycles. The van der Waals surface area contributed by atoms with Crippen molar-refractivity contribution in [2.75, 3.05) is 46.6 Å². The van der Waals surface area contributed by atoms with Crippen LogP contribution in [0.4, 0.5) is 0 Å². The van der Waals surface area contributed by atoms with E-state index in [2.05, 4.69) is 9.71 Å². The van der Waals surface area contributed by atoms with Crippen molar-refractivity contribution in [3.05, 3.63) is 92.6 Å². The molecule has 11 nitrogen and oxygen atoms in total. The quantitative estimate of drug-likeness (QED) is 0.212. The minimum atomic E-state index is -3.55. The molecule has 1 unspecified atom stereocenters. The average molecular weight is 676 g/mol. The van der Waals surface area contributed by atoms with Crippen LogP contribution in [0.2, 0.25) is 10.0 Å². The standard InChI is InChI=1S/C31H36Cl2N6O5S/c1-5-44-23-11-9-22(10-12-23)39-30(36-29-24(31(39)41)7-6-15-34-29)27(14-16-35-45(4,42)43)38(18-17-37(2)3)28(40)20-21-8-13-25(32)26(33)19-21/h6-13,15,19,27,35H,5,14,16-18,20H2,1-4H3. The Morgan fingerprint density at radius 1 is 1.07 bits per heavy atom. The number of fused-ring (bicyclic) bond motifs is 1. The molecule has 14 heteroatoms. The first-order chi connectivity index (χ1) is 21.4. The van der Waals surface area contributed by atoms with Crippen molar-refractivity contribution in [1.82, 2.24) is 29.1 Å². The zero-order chi connectivity index (χ0) is 32.7. The third kappa shape index (κ3) is 9.01. The van der Waals surface area contributed by atoms with Gasteiger partial charge in [0.2, 0.25) is 15.9 Å². The monoisotopic (exact) mass is 674 g/mol. The van der Waals surface area contributed by atoms with Crippen LogP contribution in [-0.2, 0) is 21.2 Å². The maximum Gasteiger partial charge on any atom is 0.267 e. The van der Waals surface area contributed by atoms with Gasteiger partial charge in [0, 0.05) is 25.8 Å². The number of carbonyl (C=O) groups excluding carboxylic acids is 1. The van der Waals surface area contributed by atoms with Crippen LogP contribution in [-0.4, -0.2) is 85.3 Å². The van der Waals surface area contributed by atoms with Gasteiger partial charge in [-0.05, 0) is 81.5 Å². The number of amides is 1. The third-order valence-electron chi connectivity index (χ3n) is 6.98. The summed E-state index contributed by atoms with van der Waals surface area (Å²) in [4.78, 5) is 41.0. The van der Waals surface area contributed by atoms with Crippen LogP contribution < -0.4 is 15.0 Å². The second-order valence-corrected chi connectivity index (χ2v) is 13.3. The molecular formula is C31H36Cl2N6O5S. The van der Waals surface area contributed by atoms with Gasteiger partial charge < -0.3 is 14.5 Å². The van der Waals surface area contributed by atoms with Crippen LogP contribution in [0.25, 0.3) is 16.7 Å². The summed E-state index contributed by atoms with van der Waals surface area (Å²) in [6, 6.07) is 14.5. The lowest BCUT2D eigenvalue weighted by molar-refractivity contribution is -0.133. The van der Waals surface area contributed by atoms with Gasteiger partial charge in [0.05, 0.1) is 46.4 Å². The number of nitrogens with one attached hydrogen (secondary N) is 1. The predicted molar refractivity (Wildman–Crippen MR) is 177 cm³/mol. The Kier molecular flexibility index (Phi) is 11.6. The molecule has 0 aliphatic rings. The summed E-state index contributed by atoms with van der Waals surface area (Å²) in [5.74, 6) is 0.602. The molecule has 2 aromatic carbocycles. The highest BCUT2D eigenvalue weighted by molar-refractivity contribution is 7.88. The van der Waals surface area contributed by atoms with Crippen molar-refractivity contribution in [2.45, 2.75) is 25.8 Å². The van der Waals surface area contributed by atoms with Crippen LogP contribution in [0.15, 0.2) is 65.6 Å². The van der Waals surface area contributed by atoms with Crippen molar-refractivity contribution >= 4 is 50.2 Å². The van der Waals surface area contributed by atoms with Crippen molar-refractivity contribution in [3.8, 4) is 11.4 Å². The first-order valence-electron chi connectivity index (χ1n) is 14.3. The van der Waals surface area contributed by atoms with E-state index in [1.54, 1.807) is 65.7 Å². The van der Waals surface area contributed by atoms with E-state index in [9.17, 15) is 18.0 Å². The van der Waals surface area contributed by atoms with Crippen LogP contribution in [0.1, 0.15) is 30.8 Å². The molecule has 1 atom stereocenters. The number of halogens is 2. The molecule has 0 fully saturated rings. The maximum absolute atomic E-state index is 14.2. The Labute approximate surface area is 272 Å². The van der Waals surface area contributed by atoms with E-state index in [4.69, 9.17) is 32.9 Å². The molecule has 0 saturated heterocycles. The minimum Gasteiger partial charge on any atom is -0.494 e. The zero-order valence-corrected chi connectivity index (χ0v) is 27.9. The van der Waals surface area contributed by atoms with Gasteiger partial charge in [-0.2, -0.15) is 0 Å². The summed E-state index contributed by atoms with van der Waals surface area (Å²) in [6.45, 7) is 3.09. The number of rotatable bonds is 14. The Bertz CT molecular complexity index is 1820. The molecule has 0 aliphatic carbocycles. The Hall–Kier alpha value is -3.55. The highest BCUT2D eigenvalue weighted by Crippen LogP contribution is 2.28. The molecule has 0 radical (unpaired) electrons. The molecule has 240 valence electrons. The first-order valence-corrected chi connectivity index (χ1v) is 17.0. The number of nitrogens with zero attached hydrogens (tertiary/aromatic N) is 5.